The zero-order valence-electron chi connectivity index (χ0n) is 7.29. The van der Waals surface area contributed by atoms with Crippen molar-refractivity contribution in [3.05, 3.63) is 33.9 Å². The van der Waals surface area contributed by atoms with E-state index in [9.17, 15) is 22.4 Å². The minimum Gasteiger partial charge on any atom is -0.303 e. The van der Waals surface area contributed by atoms with Crippen molar-refractivity contribution in [3.8, 4) is 0 Å². The second-order valence-corrected chi connectivity index (χ2v) is 3.13. The Morgan fingerprint density at radius 3 is 1.87 bits per heavy atom. The molecule has 0 amide bonds. The first-order chi connectivity index (χ1) is 7.00. The van der Waals surface area contributed by atoms with Gasteiger partial charge < -0.3 is 4.79 Å². The molecule has 0 saturated carbocycles. The predicted octanol–water partition coefficient (Wildman–Crippen LogP) is 3.03. The molecule has 0 spiro atoms. The van der Waals surface area contributed by atoms with E-state index in [0.29, 0.717) is 6.29 Å². The normalized spacial score (nSPS) is 10.5. The van der Waals surface area contributed by atoms with E-state index in [2.05, 4.69) is 0 Å². The van der Waals surface area contributed by atoms with Crippen molar-refractivity contribution in [2.75, 3.05) is 0 Å². The third kappa shape index (κ3) is 2.12. The molecular weight excluding hydrogens is 236 g/mol. The van der Waals surface area contributed by atoms with Gasteiger partial charge in [0.15, 0.2) is 23.3 Å². The molecule has 15 heavy (non-hydrogen) atoms. The van der Waals surface area contributed by atoms with Gasteiger partial charge in [-0.15, -0.1) is 0 Å². The lowest BCUT2D eigenvalue weighted by Gasteiger charge is -2.06. The van der Waals surface area contributed by atoms with Crippen LogP contribution in [0.4, 0.5) is 17.6 Å². The smallest absolute Gasteiger partial charge is 0.180 e. The van der Waals surface area contributed by atoms with Gasteiger partial charge in [-0.1, -0.05) is 11.6 Å². The number of benzene rings is 1. The summed E-state index contributed by atoms with van der Waals surface area (Å²) in [4.78, 5) is 9.98. The van der Waals surface area contributed by atoms with Gasteiger partial charge in [-0.25, -0.2) is 17.6 Å². The quantitative estimate of drug-likeness (QED) is 0.344. The highest BCUT2D eigenvalue weighted by molar-refractivity contribution is 6.30. The Kier molecular flexibility index (Phi) is 3.68. The number of rotatable bonds is 3. The van der Waals surface area contributed by atoms with E-state index < -0.39 is 40.3 Å². The summed E-state index contributed by atoms with van der Waals surface area (Å²) in [7, 11) is 0. The molecule has 0 radical (unpaired) electrons. The zero-order chi connectivity index (χ0) is 11.6. The molecule has 0 fully saturated rings. The van der Waals surface area contributed by atoms with Crippen molar-refractivity contribution < 1.29 is 22.4 Å². The molecule has 82 valence electrons. The molecular formula is C9H5ClF4O. The third-order valence-electron chi connectivity index (χ3n) is 1.81. The molecule has 1 rings (SSSR count). The maximum absolute atomic E-state index is 13.0. The minimum absolute atomic E-state index is 0.228. The fraction of sp³-hybridized carbons (Fsp3) is 0.222. The lowest BCUT2D eigenvalue weighted by molar-refractivity contribution is -0.107. The highest BCUT2D eigenvalue weighted by Crippen LogP contribution is 2.28. The van der Waals surface area contributed by atoms with Crippen LogP contribution in [0, 0.1) is 23.3 Å². The van der Waals surface area contributed by atoms with Gasteiger partial charge in [0.25, 0.3) is 0 Å². The molecule has 0 aliphatic heterocycles. The Balaban J connectivity index is 3.31. The molecule has 0 aliphatic rings. The van der Waals surface area contributed by atoms with E-state index in [1.165, 1.54) is 0 Å². The standard InChI is InChI=1S/C9H5ClF4O/c10-5-8(13)6(11)4(2-1-3-15)7(12)9(5)14/h3H,1-2H2. The fourth-order valence-electron chi connectivity index (χ4n) is 1.07. The van der Waals surface area contributed by atoms with E-state index in [1.54, 1.807) is 0 Å². The van der Waals surface area contributed by atoms with Crippen LogP contribution in [0.2, 0.25) is 5.02 Å². The van der Waals surface area contributed by atoms with E-state index in [0.717, 1.165) is 0 Å². The summed E-state index contributed by atoms with van der Waals surface area (Å²) in [5.74, 6) is -6.39. The van der Waals surface area contributed by atoms with Gasteiger partial charge in [-0.05, 0) is 6.42 Å². The van der Waals surface area contributed by atoms with Crippen molar-refractivity contribution in [1.29, 1.82) is 0 Å². The molecule has 0 aliphatic carbocycles. The van der Waals surface area contributed by atoms with Crippen LogP contribution in [0.3, 0.4) is 0 Å². The number of halogens is 5. The molecule has 6 heteroatoms. The molecule has 0 unspecified atom stereocenters. The first-order valence-electron chi connectivity index (χ1n) is 3.94. The number of aldehydes is 1. The summed E-state index contributed by atoms with van der Waals surface area (Å²) in [6, 6.07) is 0. The number of hydrogen-bond donors (Lipinski definition) is 0. The first-order valence-corrected chi connectivity index (χ1v) is 4.32. The summed E-state index contributed by atoms with van der Waals surface area (Å²) in [6.07, 6.45) is -0.246. The largest absolute Gasteiger partial charge is 0.303 e. The molecule has 0 atom stereocenters. The van der Waals surface area contributed by atoms with Crippen molar-refractivity contribution in [2.24, 2.45) is 0 Å². The van der Waals surface area contributed by atoms with Crippen molar-refractivity contribution in [3.63, 3.8) is 0 Å². The molecule has 1 aromatic rings. The first kappa shape index (κ1) is 12.0. The van der Waals surface area contributed by atoms with Gasteiger partial charge >= 0.3 is 0 Å². The summed E-state index contributed by atoms with van der Waals surface area (Å²) < 4.78 is 51.8. The van der Waals surface area contributed by atoms with Crippen molar-refractivity contribution in [2.45, 2.75) is 12.8 Å². The Morgan fingerprint density at radius 1 is 1.00 bits per heavy atom. The SMILES string of the molecule is O=CCCc1c(F)c(F)c(Cl)c(F)c1F. The Bertz CT molecular complexity index is 377. The van der Waals surface area contributed by atoms with Crippen LogP contribution in [-0.2, 0) is 11.2 Å². The van der Waals surface area contributed by atoms with Crippen molar-refractivity contribution >= 4 is 17.9 Å². The second-order valence-electron chi connectivity index (χ2n) is 2.75. The maximum Gasteiger partial charge on any atom is 0.180 e. The number of carbonyl (C=O) groups is 1. The zero-order valence-corrected chi connectivity index (χ0v) is 8.05. The number of carbonyl (C=O) groups excluding carboxylic acids is 1. The molecule has 1 nitrogen and oxygen atoms in total. The lowest BCUT2D eigenvalue weighted by Crippen LogP contribution is -2.04. The summed E-state index contributed by atoms with van der Waals surface area (Å²) >= 11 is 4.99. The maximum atomic E-state index is 13.0. The monoisotopic (exact) mass is 240 g/mol. The van der Waals surface area contributed by atoms with E-state index in [-0.39, 0.29) is 6.42 Å². The minimum atomic E-state index is -1.64. The fourth-order valence-corrected chi connectivity index (χ4v) is 1.24. The molecule has 0 aromatic heterocycles. The number of hydrogen-bond acceptors (Lipinski definition) is 1. The van der Waals surface area contributed by atoms with Crippen LogP contribution in [-0.4, -0.2) is 6.29 Å². The molecule has 0 heterocycles. The van der Waals surface area contributed by atoms with Gasteiger partial charge in [0, 0.05) is 12.0 Å². The predicted molar refractivity (Wildman–Crippen MR) is 45.7 cm³/mol. The van der Waals surface area contributed by atoms with Crippen LogP contribution in [0.5, 0.6) is 0 Å². The highest BCUT2D eigenvalue weighted by Gasteiger charge is 2.23. The van der Waals surface area contributed by atoms with Gasteiger partial charge in [-0.3, -0.25) is 0 Å². The van der Waals surface area contributed by atoms with Gasteiger partial charge in [0.2, 0.25) is 0 Å². The van der Waals surface area contributed by atoms with Gasteiger partial charge in [0.1, 0.15) is 11.3 Å². The molecule has 1 aromatic carbocycles. The average molecular weight is 241 g/mol. The topological polar surface area (TPSA) is 17.1 Å². The third-order valence-corrected chi connectivity index (χ3v) is 2.14. The van der Waals surface area contributed by atoms with Crippen LogP contribution in [0.25, 0.3) is 0 Å². The Labute approximate surface area is 87.7 Å². The molecule has 0 N–H and O–H groups in total. The Morgan fingerprint density at radius 2 is 1.47 bits per heavy atom. The van der Waals surface area contributed by atoms with Crippen LogP contribution < -0.4 is 0 Å². The van der Waals surface area contributed by atoms with Crippen LogP contribution in [0.1, 0.15) is 12.0 Å². The van der Waals surface area contributed by atoms with E-state index in [4.69, 9.17) is 11.6 Å². The second kappa shape index (κ2) is 4.61. The van der Waals surface area contributed by atoms with Crippen LogP contribution >= 0.6 is 11.6 Å². The van der Waals surface area contributed by atoms with Gasteiger partial charge in [-0.2, -0.15) is 0 Å². The van der Waals surface area contributed by atoms with E-state index >= 15 is 0 Å². The van der Waals surface area contributed by atoms with Gasteiger partial charge in [0.05, 0.1) is 0 Å². The average Bonchev–Trinajstić information content (AvgIpc) is 2.24. The molecule has 0 bridgehead atoms. The Hall–Kier alpha value is -1.10. The summed E-state index contributed by atoms with van der Waals surface area (Å²) in [5, 5.41) is -1.22. The van der Waals surface area contributed by atoms with E-state index in [1.807, 2.05) is 0 Å². The van der Waals surface area contributed by atoms with Crippen molar-refractivity contribution in [1.82, 2.24) is 0 Å². The lowest BCUT2D eigenvalue weighted by atomic mass is 10.1. The highest BCUT2D eigenvalue weighted by atomic mass is 35.5. The summed E-state index contributed by atoms with van der Waals surface area (Å²) in [5.41, 5.74) is -0.804. The molecule has 0 saturated heterocycles. The van der Waals surface area contributed by atoms with Crippen LogP contribution in [0.15, 0.2) is 0 Å². The summed E-state index contributed by atoms with van der Waals surface area (Å²) in [6.45, 7) is 0.